The number of carboxylic acids is 2. The maximum Gasteiger partial charge on any atom is 0.408 e. The van der Waals surface area contributed by atoms with Crippen LogP contribution in [0.1, 0.15) is 50.8 Å². The van der Waals surface area contributed by atoms with E-state index in [0.29, 0.717) is 11.1 Å². The van der Waals surface area contributed by atoms with E-state index in [2.05, 4.69) is 5.32 Å². The molecular weight excluding hydrogens is 398 g/mol. The first-order valence-electron chi connectivity index (χ1n) is 10.0. The molecule has 0 saturated heterocycles. The minimum atomic E-state index is -1.64. The normalized spacial score (nSPS) is 14.2. The molecule has 0 spiro atoms. The molecule has 0 saturated carbocycles. The first kappa shape index (κ1) is 23.9. The number of ether oxygens (including phenoxy) is 1. The van der Waals surface area contributed by atoms with E-state index in [1.165, 1.54) is 0 Å². The molecule has 0 fully saturated rings. The fourth-order valence-corrected chi connectivity index (χ4v) is 3.50. The number of nitrogens with one attached hydrogen (secondary N) is 1. The second-order valence-corrected chi connectivity index (χ2v) is 8.63. The lowest BCUT2D eigenvalue weighted by molar-refractivity contribution is -0.156. The van der Waals surface area contributed by atoms with Gasteiger partial charge in [-0.25, -0.2) is 4.79 Å². The van der Waals surface area contributed by atoms with Crippen LogP contribution in [0, 0.1) is 5.41 Å². The second-order valence-electron chi connectivity index (χ2n) is 8.63. The smallest absolute Gasteiger partial charge is 0.408 e. The van der Waals surface area contributed by atoms with Gasteiger partial charge in [0.2, 0.25) is 0 Å². The van der Waals surface area contributed by atoms with Crippen LogP contribution < -0.4 is 5.32 Å². The van der Waals surface area contributed by atoms with Crippen LogP contribution in [-0.4, -0.2) is 33.8 Å². The highest BCUT2D eigenvalue weighted by Gasteiger charge is 2.43. The number of alkyl carbamates (subject to hydrolysis) is 1. The SMILES string of the molecule is CC(C)(C)OC(=O)NC(C[C@](CC(=O)O)(Cc1ccccc1)C(=O)O)c1ccccc1. The van der Waals surface area contributed by atoms with E-state index >= 15 is 0 Å². The van der Waals surface area contributed by atoms with Gasteiger partial charge in [-0.1, -0.05) is 60.7 Å². The molecule has 0 aliphatic carbocycles. The second kappa shape index (κ2) is 10.1. The zero-order valence-electron chi connectivity index (χ0n) is 18.0. The van der Waals surface area contributed by atoms with E-state index in [1.807, 2.05) is 0 Å². The third-order valence-corrected chi connectivity index (χ3v) is 4.82. The molecule has 3 N–H and O–H groups in total. The molecule has 2 aromatic carbocycles. The van der Waals surface area contributed by atoms with Crippen LogP contribution in [0.15, 0.2) is 60.7 Å². The largest absolute Gasteiger partial charge is 0.481 e. The Morgan fingerprint density at radius 1 is 0.935 bits per heavy atom. The van der Waals surface area contributed by atoms with Crippen LogP contribution in [0.2, 0.25) is 0 Å². The van der Waals surface area contributed by atoms with Gasteiger partial charge in [-0.2, -0.15) is 0 Å². The van der Waals surface area contributed by atoms with Crippen molar-refractivity contribution in [3.05, 3.63) is 71.8 Å². The zero-order valence-corrected chi connectivity index (χ0v) is 18.0. The number of carboxylic acid groups (broad SMARTS) is 2. The summed E-state index contributed by atoms with van der Waals surface area (Å²) in [5, 5.41) is 22.4. The van der Waals surface area contributed by atoms with Crippen LogP contribution in [-0.2, 0) is 20.7 Å². The molecule has 7 heteroatoms. The number of carbonyl (C=O) groups excluding carboxylic acids is 1. The molecule has 7 nitrogen and oxygen atoms in total. The third kappa shape index (κ3) is 7.44. The Labute approximate surface area is 182 Å². The molecular formula is C24H29NO6. The van der Waals surface area contributed by atoms with Gasteiger partial charge in [-0.15, -0.1) is 0 Å². The number of aliphatic carboxylic acids is 2. The highest BCUT2D eigenvalue weighted by molar-refractivity contribution is 5.82. The molecule has 0 heterocycles. The van der Waals surface area contributed by atoms with Crippen molar-refractivity contribution in [2.45, 2.75) is 51.7 Å². The molecule has 1 amide bonds. The molecule has 31 heavy (non-hydrogen) atoms. The first-order chi connectivity index (χ1) is 14.5. The van der Waals surface area contributed by atoms with Gasteiger partial charge in [0.1, 0.15) is 5.60 Å². The van der Waals surface area contributed by atoms with Gasteiger partial charge in [0.25, 0.3) is 0 Å². The van der Waals surface area contributed by atoms with E-state index in [9.17, 15) is 24.6 Å². The number of carbonyl (C=O) groups is 3. The van der Waals surface area contributed by atoms with E-state index in [4.69, 9.17) is 4.74 Å². The van der Waals surface area contributed by atoms with E-state index in [1.54, 1.807) is 81.4 Å². The van der Waals surface area contributed by atoms with Crippen molar-refractivity contribution in [1.82, 2.24) is 5.32 Å². The number of amides is 1. The Morgan fingerprint density at radius 2 is 1.48 bits per heavy atom. The summed E-state index contributed by atoms with van der Waals surface area (Å²) in [4.78, 5) is 36.6. The van der Waals surface area contributed by atoms with Gasteiger partial charge in [0.15, 0.2) is 0 Å². The number of hydrogen-bond acceptors (Lipinski definition) is 4. The average Bonchev–Trinajstić information content (AvgIpc) is 2.66. The fraction of sp³-hybridized carbons (Fsp3) is 0.375. The molecule has 1 unspecified atom stereocenters. The Morgan fingerprint density at radius 3 is 1.97 bits per heavy atom. The van der Waals surface area contributed by atoms with Crippen molar-refractivity contribution in [1.29, 1.82) is 0 Å². The summed E-state index contributed by atoms with van der Waals surface area (Å²) < 4.78 is 5.35. The molecule has 0 aromatic heterocycles. The van der Waals surface area contributed by atoms with E-state index in [0.717, 1.165) is 0 Å². The summed E-state index contributed by atoms with van der Waals surface area (Å²) in [5.41, 5.74) is -1.00. The monoisotopic (exact) mass is 427 g/mol. The van der Waals surface area contributed by atoms with Gasteiger partial charge in [0, 0.05) is 0 Å². The van der Waals surface area contributed by atoms with Crippen LogP contribution in [0.5, 0.6) is 0 Å². The third-order valence-electron chi connectivity index (χ3n) is 4.82. The van der Waals surface area contributed by atoms with Crippen LogP contribution in [0.3, 0.4) is 0 Å². The minimum absolute atomic E-state index is 0.00874. The highest BCUT2D eigenvalue weighted by atomic mass is 16.6. The van der Waals surface area contributed by atoms with Crippen LogP contribution in [0.4, 0.5) is 4.79 Å². The van der Waals surface area contributed by atoms with E-state index < -0.39 is 41.5 Å². The Kier molecular flexibility index (Phi) is 7.80. The van der Waals surface area contributed by atoms with Crippen molar-refractivity contribution in [3.63, 3.8) is 0 Å². The topological polar surface area (TPSA) is 113 Å². The average molecular weight is 427 g/mol. The molecule has 0 aliphatic heterocycles. The maximum atomic E-state index is 12.5. The minimum Gasteiger partial charge on any atom is -0.481 e. The molecule has 2 atom stereocenters. The molecule has 0 radical (unpaired) electrons. The predicted octanol–water partition coefficient (Wildman–Crippen LogP) is 4.43. The zero-order chi connectivity index (χ0) is 23.1. The van der Waals surface area contributed by atoms with Crippen molar-refractivity contribution < 1.29 is 29.3 Å². The Balaban J connectivity index is 2.43. The lowest BCUT2D eigenvalue weighted by atomic mass is 9.73. The predicted molar refractivity (Wildman–Crippen MR) is 116 cm³/mol. The standard InChI is InChI=1S/C24H29NO6/c1-23(2,3)31-22(30)25-19(18-12-8-5-9-13-18)15-24(21(28)29,16-20(26)27)14-17-10-6-4-7-11-17/h4-13,19H,14-16H2,1-3H3,(H,25,30)(H,26,27)(H,28,29)/t19?,24-/m0/s1. The van der Waals surface area contributed by atoms with Crippen LogP contribution in [0.25, 0.3) is 0 Å². The first-order valence-corrected chi connectivity index (χ1v) is 10.0. The summed E-state index contributed by atoms with van der Waals surface area (Å²) in [6.07, 6.45) is -1.39. The van der Waals surface area contributed by atoms with Gasteiger partial charge in [0.05, 0.1) is 17.9 Å². The van der Waals surface area contributed by atoms with Crippen molar-refractivity contribution in [3.8, 4) is 0 Å². The lowest BCUT2D eigenvalue weighted by Gasteiger charge is -2.33. The summed E-state index contributed by atoms with van der Waals surface area (Å²) in [6.45, 7) is 5.18. The quantitative estimate of drug-likeness (QED) is 0.546. The van der Waals surface area contributed by atoms with Crippen molar-refractivity contribution in [2.75, 3.05) is 0 Å². The summed E-state index contributed by atoms with van der Waals surface area (Å²) in [7, 11) is 0. The maximum absolute atomic E-state index is 12.5. The van der Waals surface area contributed by atoms with E-state index in [-0.39, 0.29) is 12.8 Å². The molecule has 2 aromatic rings. The fourth-order valence-electron chi connectivity index (χ4n) is 3.50. The number of hydrogen-bond donors (Lipinski definition) is 3. The molecule has 0 aliphatic rings. The molecule has 2 rings (SSSR count). The number of rotatable bonds is 9. The highest BCUT2D eigenvalue weighted by Crippen LogP contribution is 2.38. The summed E-state index contributed by atoms with van der Waals surface area (Å²) in [6, 6.07) is 17.0. The lowest BCUT2D eigenvalue weighted by Crippen LogP contribution is -2.42. The van der Waals surface area contributed by atoms with Crippen LogP contribution >= 0.6 is 0 Å². The Hall–Kier alpha value is -3.35. The summed E-state index contributed by atoms with van der Waals surface area (Å²) in [5.74, 6) is -2.45. The van der Waals surface area contributed by atoms with Crippen molar-refractivity contribution >= 4 is 18.0 Å². The van der Waals surface area contributed by atoms with Gasteiger partial charge >= 0.3 is 18.0 Å². The van der Waals surface area contributed by atoms with Crippen molar-refractivity contribution in [2.24, 2.45) is 5.41 Å². The summed E-state index contributed by atoms with van der Waals surface area (Å²) >= 11 is 0. The van der Waals surface area contributed by atoms with Gasteiger partial charge < -0.3 is 20.3 Å². The van der Waals surface area contributed by atoms with Gasteiger partial charge in [-0.05, 0) is 44.7 Å². The Bertz CT molecular complexity index is 891. The number of benzene rings is 2. The van der Waals surface area contributed by atoms with Gasteiger partial charge in [-0.3, -0.25) is 9.59 Å². The molecule has 0 bridgehead atoms. The molecule has 166 valence electrons.